The average molecular weight is 297 g/mol. The van der Waals surface area contributed by atoms with Gasteiger partial charge in [0.1, 0.15) is 11.6 Å². The third-order valence-electron chi connectivity index (χ3n) is 3.80. The van der Waals surface area contributed by atoms with Crippen LogP contribution in [0.2, 0.25) is 0 Å². The summed E-state index contributed by atoms with van der Waals surface area (Å²) in [4.78, 5) is 18.6. The molecule has 1 aliphatic heterocycles. The van der Waals surface area contributed by atoms with Crippen LogP contribution in [0.3, 0.4) is 0 Å². The van der Waals surface area contributed by atoms with Gasteiger partial charge in [0, 0.05) is 19.8 Å². The molecule has 1 aromatic carbocycles. The van der Waals surface area contributed by atoms with E-state index in [-0.39, 0.29) is 11.9 Å². The Morgan fingerprint density at radius 3 is 3.00 bits per heavy atom. The summed E-state index contributed by atoms with van der Waals surface area (Å²) in [5.41, 5.74) is 2.30. The second kappa shape index (κ2) is 4.87. The molecular formula is C15H15N5O2. The van der Waals surface area contributed by atoms with E-state index >= 15 is 0 Å². The fraction of sp³-hybridized carbons (Fsp3) is 0.267. The van der Waals surface area contributed by atoms with E-state index in [2.05, 4.69) is 15.4 Å². The third kappa shape index (κ3) is 2.11. The molecule has 22 heavy (non-hydrogen) atoms. The van der Waals surface area contributed by atoms with Crippen molar-refractivity contribution >= 4 is 28.7 Å². The maximum Gasteiger partial charge on any atom is 0.296 e. The minimum atomic E-state index is -0.326. The molecule has 1 unspecified atom stereocenters. The Morgan fingerprint density at radius 1 is 1.36 bits per heavy atom. The quantitative estimate of drug-likeness (QED) is 0.797. The van der Waals surface area contributed by atoms with E-state index in [4.69, 9.17) is 4.42 Å². The lowest BCUT2D eigenvalue weighted by atomic mass is 10.2. The summed E-state index contributed by atoms with van der Waals surface area (Å²) in [6.45, 7) is 0.655. The van der Waals surface area contributed by atoms with Gasteiger partial charge in [-0.1, -0.05) is 12.1 Å². The first-order valence-corrected chi connectivity index (χ1v) is 7.13. The van der Waals surface area contributed by atoms with Crippen molar-refractivity contribution in [2.45, 2.75) is 12.5 Å². The van der Waals surface area contributed by atoms with Crippen molar-refractivity contribution in [3.8, 4) is 0 Å². The van der Waals surface area contributed by atoms with E-state index in [1.54, 1.807) is 15.8 Å². The van der Waals surface area contributed by atoms with Gasteiger partial charge in [0.25, 0.3) is 6.01 Å². The van der Waals surface area contributed by atoms with Crippen molar-refractivity contribution in [3.05, 3.63) is 36.7 Å². The van der Waals surface area contributed by atoms with Crippen LogP contribution in [0.4, 0.5) is 11.7 Å². The summed E-state index contributed by atoms with van der Waals surface area (Å²) in [5, 5.41) is 7.20. The molecule has 112 valence electrons. The van der Waals surface area contributed by atoms with Crippen LogP contribution >= 0.6 is 0 Å². The zero-order valence-electron chi connectivity index (χ0n) is 12.1. The number of aryl methyl sites for hydroxylation is 1. The van der Waals surface area contributed by atoms with E-state index < -0.39 is 0 Å². The van der Waals surface area contributed by atoms with Gasteiger partial charge in [-0.15, -0.1) is 0 Å². The van der Waals surface area contributed by atoms with E-state index in [9.17, 15) is 4.79 Å². The Kier molecular flexibility index (Phi) is 2.85. The first-order valence-electron chi connectivity index (χ1n) is 7.13. The number of oxazole rings is 1. The van der Waals surface area contributed by atoms with Crippen molar-refractivity contribution in [2.24, 2.45) is 7.05 Å². The smallest absolute Gasteiger partial charge is 0.296 e. The number of carbonyl (C=O) groups is 1. The maximum absolute atomic E-state index is 12.5. The van der Waals surface area contributed by atoms with Crippen LogP contribution in [-0.4, -0.2) is 33.3 Å². The van der Waals surface area contributed by atoms with Crippen LogP contribution < -0.4 is 10.2 Å². The highest BCUT2D eigenvalue weighted by molar-refractivity contribution is 6.00. The molecule has 1 atom stereocenters. The number of fused-ring (bicyclic) bond motifs is 1. The van der Waals surface area contributed by atoms with Gasteiger partial charge in [0.15, 0.2) is 5.58 Å². The van der Waals surface area contributed by atoms with E-state index in [0.717, 1.165) is 11.2 Å². The molecule has 4 rings (SSSR count). The van der Waals surface area contributed by atoms with Crippen molar-refractivity contribution < 1.29 is 9.21 Å². The lowest BCUT2D eigenvalue weighted by Gasteiger charge is -2.14. The summed E-state index contributed by atoms with van der Waals surface area (Å²) in [5.74, 6) is 0.00950. The molecule has 0 aliphatic carbocycles. The molecule has 0 spiro atoms. The Morgan fingerprint density at radius 2 is 2.23 bits per heavy atom. The van der Waals surface area contributed by atoms with Gasteiger partial charge in [-0.2, -0.15) is 10.1 Å². The molecule has 3 heterocycles. The first-order chi connectivity index (χ1) is 10.7. The molecule has 1 aliphatic rings. The van der Waals surface area contributed by atoms with Gasteiger partial charge in [0.2, 0.25) is 5.91 Å². The second-order valence-corrected chi connectivity index (χ2v) is 5.33. The molecule has 7 heteroatoms. The maximum atomic E-state index is 12.5. The molecule has 1 N–H and O–H groups in total. The summed E-state index contributed by atoms with van der Waals surface area (Å²) in [6.07, 6.45) is 4.23. The average Bonchev–Trinajstić information content (AvgIpc) is 3.19. The Labute approximate surface area is 126 Å². The molecule has 3 aromatic rings. The molecule has 7 nitrogen and oxygen atoms in total. The standard InChI is InChI=1S/C15H15N5O2/c1-19-9-10(8-16-19)20-7-6-12(14(20)21)18-15-17-11-4-2-3-5-13(11)22-15/h2-5,8-9,12H,6-7H2,1H3,(H,17,18). The number of nitrogens with zero attached hydrogens (tertiary/aromatic N) is 4. The highest BCUT2D eigenvalue weighted by Gasteiger charge is 2.34. The molecule has 0 saturated carbocycles. The van der Waals surface area contributed by atoms with Crippen LogP contribution in [-0.2, 0) is 11.8 Å². The lowest BCUT2D eigenvalue weighted by molar-refractivity contribution is -0.117. The van der Waals surface area contributed by atoms with Crippen LogP contribution in [0.15, 0.2) is 41.1 Å². The van der Waals surface area contributed by atoms with Crippen molar-refractivity contribution in [1.82, 2.24) is 14.8 Å². The number of amides is 1. The second-order valence-electron chi connectivity index (χ2n) is 5.33. The lowest BCUT2D eigenvalue weighted by Crippen LogP contribution is -2.33. The number of nitrogens with one attached hydrogen (secondary N) is 1. The molecule has 0 radical (unpaired) electrons. The minimum absolute atomic E-state index is 0.00950. The fourth-order valence-corrected chi connectivity index (χ4v) is 2.70. The number of benzene rings is 1. The first kappa shape index (κ1) is 12.9. The van der Waals surface area contributed by atoms with Gasteiger partial charge < -0.3 is 14.6 Å². The van der Waals surface area contributed by atoms with E-state index in [1.807, 2.05) is 37.5 Å². The summed E-state index contributed by atoms with van der Waals surface area (Å²) >= 11 is 0. The van der Waals surface area contributed by atoms with Crippen molar-refractivity contribution in [3.63, 3.8) is 0 Å². The number of hydrogen-bond acceptors (Lipinski definition) is 5. The number of hydrogen-bond donors (Lipinski definition) is 1. The van der Waals surface area contributed by atoms with Crippen LogP contribution in [0.5, 0.6) is 0 Å². The summed E-state index contributed by atoms with van der Waals surface area (Å²) in [7, 11) is 1.83. The number of rotatable bonds is 3. The number of anilines is 2. The Bertz CT molecular complexity index is 804. The van der Waals surface area contributed by atoms with Gasteiger partial charge in [-0.05, 0) is 18.6 Å². The fourth-order valence-electron chi connectivity index (χ4n) is 2.70. The van der Waals surface area contributed by atoms with Crippen molar-refractivity contribution in [1.29, 1.82) is 0 Å². The third-order valence-corrected chi connectivity index (χ3v) is 3.80. The van der Waals surface area contributed by atoms with E-state index in [1.165, 1.54) is 0 Å². The normalized spacial score (nSPS) is 18.3. The molecular weight excluding hydrogens is 282 g/mol. The highest BCUT2D eigenvalue weighted by atomic mass is 16.4. The summed E-state index contributed by atoms with van der Waals surface area (Å²) in [6, 6.07) is 7.58. The number of para-hydroxylation sites is 2. The number of carbonyl (C=O) groups excluding carboxylic acids is 1. The zero-order chi connectivity index (χ0) is 15.1. The molecule has 1 amide bonds. The van der Waals surface area contributed by atoms with Crippen LogP contribution in [0.25, 0.3) is 11.1 Å². The van der Waals surface area contributed by atoms with Crippen molar-refractivity contribution in [2.75, 3.05) is 16.8 Å². The van der Waals surface area contributed by atoms with Gasteiger partial charge in [-0.3, -0.25) is 9.48 Å². The highest BCUT2D eigenvalue weighted by Crippen LogP contribution is 2.24. The van der Waals surface area contributed by atoms with Crippen LogP contribution in [0, 0.1) is 0 Å². The molecule has 0 bridgehead atoms. The van der Waals surface area contributed by atoms with Crippen LogP contribution in [0.1, 0.15) is 6.42 Å². The largest absolute Gasteiger partial charge is 0.424 e. The zero-order valence-corrected chi connectivity index (χ0v) is 12.1. The Balaban J connectivity index is 1.53. The topological polar surface area (TPSA) is 76.2 Å². The summed E-state index contributed by atoms with van der Waals surface area (Å²) < 4.78 is 7.30. The SMILES string of the molecule is Cn1cc(N2CCC(Nc3nc4ccccc4o3)C2=O)cn1. The van der Waals surface area contributed by atoms with E-state index in [0.29, 0.717) is 24.6 Å². The minimum Gasteiger partial charge on any atom is -0.424 e. The predicted molar refractivity (Wildman–Crippen MR) is 81.6 cm³/mol. The molecule has 2 aromatic heterocycles. The van der Waals surface area contributed by atoms with Gasteiger partial charge in [-0.25, -0.2) is 0 Å². The number of aromatic nitrogens is 3. The molecule has 1 fully saturated rings. The predicted octanol–water partition coefficient (Wildman–Crippen LogP) is 1.78. The monoisotopic (exact) mass is 297 g/mol. The molecule has 1 saturated heterocycles. The van der Waals surface area contributed by atoms with Gasteiger partial charge >= 0.3 is 0 Å². The van der Waals surface area contributed by atoms with Gasteiger partial charge in [0.05, 0.1) is 11.9 Å². The Hall–Kier alpha value is -2.83.